The molecular weight excluding hydrogens is 749 g/mol. The lowest BCUT2D eigenvalue weighted by molar-refractivity contribution is 1.29. The van der Waals surface area contributed by atoms with Crippen LogP contribution in [-0.4, -0.2) is 0 Å². The molecule has 0 N–H and O–H groups in total. The molecule has 0 aliphatic rings. The van der Waals surface area contributed by atoms with Crippen LogP contribution in [0.1, 0.15) is 11.1 Å². The summed E-state index contributed by atoms with van der Waals surface area (Å²) in [4.78, 5) is 4.80. The Hall–Kier alpha value is -7.94. The highest BCUT2D eigenvalue weighted by Crippen LogP contribution is 2.50. The van der Waals surface area contributed by atoms with Crippen molar-refractivity contribution in [2.24, 2.45) is 0 Å². The van der Waals surface area contributed by atoms with Gasteiger partial charge in [-0.25, -0.2) is 0 Å². The molecule has 0 saturated heterocycles. The number of fused-ring (bicyclic) bond motifs is 4. The number of hydrogen-bond donors (Lipinski definition) is 0. The van der Waals surface area contributed by atoms with Gasteiger partial charge in [-0.3, -0.25) is 0 Å². The Morgan fingerprint density at radius 2 is 0.726 bits per heavy atom. The number of benzene rings is 11. The fourth-order valence-corrected chi connectivity index (χ4v) is 9.66. The van der Waals surface area contributed by atoms with Gasteiger partial charge in [-0.05, 0) is 141 Å². The molecule has 11 rings (SSSR count). The summed E-state index contributed by atoms with van der Waals surface area (Å²) in [6.45, 7) is 4.42. The molecule has 11 aromatic rings. The SMILES string of the molecule is Cc1cc(C)cc(-c2c3cc(N(c4ccccc4)c4ccccc4)ccc3c(-c3cccc4ccccc34)c3cc(N(c4ccccc4)c4cccc5ccccc45)ccc23)c1. The normalized spacial score (nSPS) is 11.4. The second-order valence-corrected chi connectivity index (χ2v) is 16.3. The smallest absolute Gasteiger partial charge is 0.0540 e. The topological polar surface area (TPSA) is 6.48 Å². The summed E-state index contributed by atoms with van der Waals surface area (Å²) < 4.78 is 0. The predicted octanol–water partition coefficient (Wildman–Crippen LogP) is 17.2. The Morgan fingerprint density at radius 3 is 1.34 bits per heavy atom. The van der Waals surface area contributed by atoms with Crippen LogP contribution in [0.15, 0.2) is 231 Å². The standard InChI is InChI=1S/C60H44N2/c1-41-36-42(2)38-45(37-41)59-54-34-33-50(62(48-26-10-5-11-27-48)58-31-17-21-44-19-13-15-29-52(44)58)40-57(54)60(53-30-16-20-43-18-12-14-28-51(43)53)55-35-32-49(39-56(55)59)61(46-22-6-3-7-23-46)47-24-8-4-9-25-47/h3-40H,1-2H3. The Labute approximate surface area is 363 Å². The van der Waals surface area contributed by atoms with Crippen molar-refractivity contribution in [3.63, 3.8) is 0 Å². The van der Waals surface area contributed by atoms with Crippen molar-refractivity contribution in [3.05, 3.63) is 242 Å². The maximum absolute atomic E-state index is 2.45. The molecule has 0 fully saturated rings. The predicted molar refractivity (Wildman–Crippen MR) is 266 cm³/mol. The van der Waals surface area contributed by atoms with Crippen LogP contribution in [-0.2, 0) is 0 Å². The van der Waals surface area contributed by atoms with Gasteiger partial charge in [0.15, 0.2) is 0 Å². The highest BCUT2D eigenvalue weighted by atomic mass is 15.1. The number of anilines is 6. The molecule has 0 aromatic heterocycles. The Bertz CT molecular complexity index is 3360. The van der Waals surface area contributed by atoms with E-state index in [9.17, 15) is 0 Å². The van der Waals surface area contributed by atoms with E-state index in [4.69, 9.17) is 0 Å². The molecule has 0 radical (unpaired) electrons. The van der Waals surface area contributed by atoms with Crippen molar-refractivity contribution in [1.82, 2.24) is 0 Å². The second kappa shape index (κ2) is 15.6. The molecule has 0 aliphatic heterocycles. The first kappa shape index (κ1) is 37.1. The monoisotopic (exact) mass is 792 g/mol. The summed E-state index contributed by atoms with van der Waals surface area (Å²) >= 11 is 0. The number of rotatable bonds is 8. The van der Waals surface area contributed by atoms with Gasteiger partial charge < -0.3 is 9.80 Å². The molecule has 2 heteroatoms. The van der Waals surface area contributed by atoms with E-state index in [2.05, 4.69) is 254 Å². The molecule has 0 aliphatic carbocycles. The molecular formula is C60H44N2. The lowest BCUT2D eigenvalue weighted by atomic mass is 9.83. The summed E-state index contributed by atoms with van der Waals surface area (Å²) in [6, 6.07) is 84.4. The first-order valence-electron chi connectivity index (χ1n) is 21.4. The molecule has 0 bridgehead atoms. The van der Waals surface area contributed by atoms with Gasteiger partial charge in [0.25, 0.3) is 0 Å². The second-order valence-electron chi connectivity index (χ2n) is 16.3. The van der Waals surface area contributed by atoms with E-state index in [0.29, 0.717) is 0 Å². The van der Waals surface area contributed by atoms with Crippen LogP contribution < -0.4 is 9.80 Å². The van der Waals surface area contributed by atoms with Crippen molar-refractivity contribution in [3.8, 4) is 22.3 Å². The van der Waals surface area contributed by atoms with Gasteiger partial charge in [0.05, 0.1) is 5.69 Å². The minimum absolute atomic E-state index is 1.10. The van der Waals surface area contributed by atoms with Gasteiger partial charge in [0.2, 0.25) is 0 Å². The Morgan fingerprint density at radius 1 is 0.274 bits per heavy atom. The zero-order valence-electron chi connectivity index (χ0n) is 34.8. The summed E-state index contributed by atoms with van der Waals surface area (Å²) in [5.41, 5.74) is 14.1. The molecule has 0 amide bonds. The third-order valence-corrected chi connectivity index (χ3v) is 12.2. The molecule has 11 aromatic carbocycles. The third-order valence-electron chi connectivity index (χ3n) is 12.2. The first-order chi connectivity index (χ1) is 30.6. The third kappa shape index (κ3) is 6.54. The van der Waals surface area contributed by atoms with Gasteiger partial charge in [-0.1, -0.05) is 175 Å². The quantitative estimate of drug-likeness (QED) is 0.141. The van der Waals surface area contributed by atoms with E-state index in [-0.39, 0.29) is 0 Å². The average molecular weight is 793 g/mol. The van der Waals surface area contributed by atoms with E-state index in [1.807, 2.05) is 0 Å². The number of hydrogen-bond acceptors (Lipinski definition) is 2. The molecule has 2 nitrogen and oxygen atoms in total. The molecule has 62 heavy (non-hydrogen) atoms. The Kier molecular flexibility index (Phi) is 9.32. The van der Waals surface area contributed by atoms with Crippen LogP contribution in [0, 0.1) is 13.8 Å². The van der Waals surface area contributed by atoms with Gasteiger partial charge in [-0.15, -0.1) is 0 Å². The van der Waals surface area contributed by atoms with Gasteiger partial charge in [0.1, 0.15) is 0 Å². The van der Waals surface area contributed by atoms with E-state index in [1.54, 1.807) is 0 Å². The zero-order valence-corrected chi connectivity index (χ0v) is 34.8. The summed E-state index contributed by atoms with van der Waals surface area (Å²) in [6.07, 6.45) is 0. The lowest BCUT2D eigenvalue weighted by Gasteiger charge is -2.29. The van der Waals surface area contributed by atoms with Crippen molar-refractivity contribution in [2.75, 3.05) is 9.80 Å². The van der Waals surface area contributed by atoms with E-state index >= 15 is 0 Å². The van der Waals surface area contributed by atoms with Crippen LogP contribution in [0.3, 0.4) is 0 Å². The summed E-state index contributed by atoms with van der Waals surface area (Å²) in [5.74, 6) is 0. The van der Waals surface area contributed by atoms with Crippen LogP contribution in [0.5, 0.6) is 0 Å². The number of aryl methyl sites for hydroxylation is 2. The highest BCUT2D eigenvalue weighted by molar-refractivity contribution is 6.24. The van der Waals surface area contributed by atoms with Crippen LogP contribution >= 0.6 is 0 Å². The summed E-state index contributed by atoms with van der Waals surface area (Å²) in [5, 5.41) is 9.70. The van der Waals surface area contributed by atoms with E-state index < -0.39 is 0 Å². The Balaban J connectivity index is 1.28. The van der Waals surface area contributed by atoms with Gasteiger partial charge in [0, 0.05) is 33.8 Å². The molecule has 0 unspecified atom stereocenters. The largest absolute Gasteiger partial charge is 0.310 e. The molecule has 294 valence electrons. The van der Waals surface area contributed by atoms with Crippen LogP contribution in [0.4, 0.5) is 34.1 Å². The molecule has 0 saturated carbocycles. The van der Waals surface area contributed by atoms with Gasteiger partial charge in [-0.2, -0.15) is 0 Å². The summed E-state index contributed by atoms with van der Waals surface area (Å²) in [7, 11) is 0. The fraction of sp³-hybridized carbons (Fsp3) is 0.0333. The lowest BCUT2D eigenvalue weighted by Crippen LogP contribution is -2.10. The van der Waals surface area contributed by atoms with E-state index in [1.165, 1.54) is 76.5 Å². The minimum atomic E-state index is 1.10. The maximum atomic E-state index is 2.45. The zero-order chi connectivity index (χ0) is 41.6. The van der Waals surface area contributed by atoms with E-state index in [0.717, 1.165) is 34.1 Å². The van der Waals surface area contributed by atoms with Crippen molar-refractivity contribution in [1.29, 1.82) is 0 Å². The van der Waals surface area contributed by atoms with Crippen molar-refractivity contribution < 1.29 is 0 Å². The number of para-hydroxylation sites is 3. The maximum Gasteiger partial charge on any atom is 0.0540 e. The molecule has 0 atom stereocenters. The van der Waals surface area contributed by atoms with Gasteiger partial charge >= 0.3 is 0 Å². The van der Waals surface area contributed by atoms with Crippen LogP contribution in [0.25, 0.3) is 65.3 Å². The minimum Gasteiger partial charge on any atom is -0.310 e. The average Bonchev–Trinajstić information content (AvgIpc) is 3.31. The van der Waals surface area contributed by atoms with Crippen molar-refractivity contribution >= 4 is 77.2 Å². The van der Waals surface area contributed by atoms with Crippen molar-refractivity contribution in [2.45, 2.75) is 13.8 Å². The highest BCUT2D eigenvalue weighted by Gasteiger charge is 2.23. The first-order valence-corrected chi connectivity index (χ1v) is 21.4. The molecule has 0 heterocycles. The number of nitrogens with zero attached hydrogens (tertiary/aromatic N) is 2. The van der Waals surface area contributed by atoms with Crippen LogP contribution in [0.2, 0.25) is 0 Å². The fourth-order valence-electron chi connectivity index (χ4n) is 9.66. The molecule has 0 spiro atoms.